The summed E-state index contributed by atoms with van der Waals surface area (Å²) in [4.78, 5) is 19.5. The van der Waals surface area contributed by atoms with E-state index in [0.717, 1.165) is 19.4 Å². The Balaban J connectivity index is 0. The van der Waals surface area contributed by atoms with Gasteiger partial charge in [0.2, 0.25) is 0 Å². The van der Waals surface area contributed by atoms with Gasteiger partial charge in [-0.05, 0) is 19.4 Å². The maximum Gasteiger partial charge on any atom is 0.335 e. The average molecular weight is 281 g/mol. The van der Waals surface area contributed by atoms with Gasteiger partial charge in [0, 0.05) is 0 Å². The van der Waals surface area contributed by atoms with Gasteiger partial charge >= 0.3 is 11.9 Å². The number of unbranched alkanes of at least 4 members (excludes halogenated alkanes) is 1. The van der Waals surface area contributed by atoms with Crippen molar-refractivity contribution in [1.82, 2.24) is 5.32 Å². The molecule has 114 valence electrons. The number of carboxylic acids is 2. The quantitative estimate of drug-likeness (QED) is 0.245. The number of rotatable bonds is 8. The Kier molecular flexibility index (Phi) is 12.5. The Morgan fingerprint density at radius 1 is 1.00 bits per heavy atom. The second-order valence-electron chi connectivity index (χ2n) is 3.80. The van der Waals surface area contributed by atoms with Gasteiger partial charge in [-0.3, -0.25) is 5.32 Å². The lowest BCUT2D eigenvalue weighted by Crippen LogP contribution is -2.39. The first kappa shape index (κ1) is 20.1. The molecule has 0 fully saturated rings. The molecule has 0 aromatic carbocycles. The lowest BCUT2D eigenvalue weighted by Gasteiger charge is -2.08. The Morgan fingerprint density at radius 2 is 1.42 bits per heavy atom. The van der Waals surface area contributed by atoms with Crippen LogP contribution in [-0.4, -0.2) is 62.5 Å². The topological polar surface area (TPSA) is 147 Å². The fraction of sp³-hybridized carbons (Fsp3) is 0.818. The SMILES string of the molecule is CCCCNC(O)CC.O=C(O)C(O)C(O)C(=O)O. The van der Waals surface area contributed by atoms with Crippen LogP contribution in [0.2, 0.25) is 0 Å². The molecule has 8 nitrogen and oxygen atoms in total. The number of aliphatic hydroxyl groups is 3. The normalized spacial score (nSPS) is 14.8. The van der Waals surface area contributed by atoms with Crippen LogP contribution in [0.4, 0.5) is 0 Å². The minimum absolute atomic E-state index is 0.295. The molecule has 0 aliphatic rings. The zero-order valence-corrected chi connectivity index (χ0v) is 11.1. The highest BCUT2D eigenvalue weighted by Crippen LogP contribution is 1.92. The molecular weight excluding hydrogens is 258 g/mol. The van der Waals surface area contributed by atoms with Crippen molar-refractivity contribution in [1.29, 1.82) is 0 Å². The van der Waals surface area contributed by atoms with Crippen LogP contribution < -0.4 is 5.32 Å². The maximum absolute atomic E-state index is 9.77. The van der Waals surface area contributed by atoms with E-state index in [1.807, 2.05) is 6.92 Å². The number of carboxylic acid groups (broad SMARTS) is 2. The summed E-state index contributed by atoms with van der Waals surface area (Å²) in [6, 6.07) is 0. The van der Waals surface area contributed by atoms with Gasteiger partial charge in [0.05, 0.1) is 0 Å². The number of aliphatic hydroxyl groups excluding tert-OH is 3. The summed E-state index contributed by atoms with van der Waals surface area (Å²) in [6.45, 7) is 5.04. The van der Waals surface area contributed by atoms with E-state index in [-0.39, 0.29) is 6.23 Å². The van der Waals surface area contributed by atoms with Crippen LogP contribution in [0.5, 0.6) is 0 Å². The van der Waals surface area contributed by atoms with E-state index in [2.05, 4.69) is 12.2 Å². The van der Waals surface area contributed by atoms with Gasteiger partial charge in [0.25, 0.3) is 0 Å². The van der Waals surface area contributed by atoms with E-state index >= 15 is 0 Å². The standard InChI is InChI=1S/C7H17NO.C4H6O6/c1-3-5-6-8-7(9)4-2;5-1(3(7)8)2(6)4(9)10/h7-9H,3-6H2,1-2H3;1-2,5-6H,(H,7,8)(H,9,10). The van der Waals surface area contributed by atoms with E-state index in [4.69, 9.17) is 25.5 Å². The van der Waals surface area contributed by atoms with Crippen molar-refractivity contribution >= 4 is 11.9 Å². The molecule has 0 bridgehead atoms. The van der Waals surface area contributed by atoms with Crippen LogP contribution in [0.15, 0.2) is 0 Å². The second kappa shape index (κ2) is 11.8. The van der Waals surface area contributed by atoms with Crippen molar-refractivity contribution < 1.29 is 35.1 Å². The molecule has 0 saturated heterocycles. The Hall–Kier alpha value is -1.22. The Morgan fingerprint density at radius 3 is 1.68 bits per heavy atom. The fourth-order valence-electron chi connectivity index (χ4n) is 0.860. The molecule has 0 rings (SSSR count). The molecule has 3 atom stereocenters. The summed E-state index contributed by atoms with van der Waals surface area (Å²) in [5, 5.41) is 44.5. The highest BCUT2D eigenvalue weighted by molar-refractivity contribution is 5.83. The van der Waals surface area contributed by atoms with Crippen LogP contribution in [0.1, 0.15) is 33.1 Å². The highest BCUT2D eigenvalue weighted by atomic mass is 16.4. The first-order chi connectivity index (χ1) is 8.77. The molecule has 8 heteroatoms. The molecular formula is C11H23NO7. The van der Waals surface area contributed by atoms with Crippen LogP contribution in [0.3, 0.4) is 0 Å². The molecule has 0 aromatic rings. The molecule has 0 aliphatic carbocycles. The molecule has 3 unspecified atom stereocenters. The average Bonchev–Trinajstić information content (AvgIpc) is 2.37. The van der Waals surface area contributed by atoms with Crippen molar-refractivity contribution in [2.24, 2.45) is 0 Å². The summed E-state index contributed by atoms with van der Waals surface area (Å²) in [6.07, 6.45) is -1.70. The Labute approximate surface area is 111 Å². The number of carbonyl (C=O) groups is 2. The smallest absolute Gasteiger partial charge is 0.335 e. The Bertz CT molecular complexity index is 241. The summed E-state index contributed by atoms with van der Waals surface area (Å²) in [5.41, 5.74) is 0. The van der Waals surface area contributed by atoms with Crippen molar-refractivity contribution in [2.45, 2.75) is 51.5 Å². The zero-order valence-electron chi connectivity index (χ0n) is 11.1. The van der Waals surface area contributed by atoms with Gasteiger partial charge < -0.3 is 25.5 Å². The van der Waals surface area contributed by atoms with Gasteiger partial charge in [0.1, 0.15) is 6.23 Å². The first-order valence-electron chi connectivity index (χ1n) is 6.01. The van der Waals surface area contributed by atoms with Crippen molar-refractivity contribution in [3.63, 3.8) is 0 Å². The van der Waals surface area contributed by atoms with Gasteiger partial charge in [-0.2, -0.15) is 0 Å². The molecule has 19 heavy (non-hydrogen) atoms. The largest absolute Gasteiger partial charge is 0.479 e. The molecule has 0 aromatic heterocycles. The predicted octanol–water partition coefficient (Wildman–Crippen LogP) is -1.02. The number of nitrogens with one attached hydrogen (secondary N) is 1. The monoisotopic (exact) mass is 281 g/mol. The third-order valence-corrected chi connectivity index (χ3v) is 2.10. The van der Waals surface area contributed by atoms with E-state index in [1.54, 1.807) is 0 Å². The summed E-state index contributed by atoms with van der Waals surface area (Å²) in [7, 11) is 0. The molecule has 0 aliphatic heterocycles. The van der Waals surface area contributed by atoms with Crippen LogP contribution >= 0.6 is 0 Å². The maximum atomic E-state index is 9.77. The minimum Gasteiger partial charge on any atom is -0.479 e. The second-order valence-corrected chi connectivity index (χ2v) is 3.80. The van der Waals surface area contributed by atoms with Gasteiger partial charge in [-0.15, -0.1) is 0 Å². The fourth-order valence-corrected chi connectivity index (χ4v) is 0.860. The molecule has 6 N–H and O–H groups in total. The van der Waals surface area contributed by atoms with Gasteiger partial charge in [-0.25, -0.2) is 9.59 Å². The molecule has 0 radical (unpaired) electrons. The predicted molar refractivity (Wildman–Crippen MR) is 66.5 cm³/mol. The van der Waals surface area contributed by atoms with Gasteiger partial charge in [0.15, 0.2) is 12.2 Å². The van der Waals surface area contributed by atoms with Crippen molar-refractivity contribution in [3.05, 3.63) is 0 Å². The number of hydrogen-bond donors (Lipinski definition) is 6. The summed E-state index contributed by atoms with van der Waals surface area (Å²) in [5.74, 6) is -3.54. The zero-order chi connectivity index (χ0) is 15.4. The third kappa shape index (κ3) is 11.6. The van der Waals surface area contributed by atoms with E-state index < -0.39 is 24.1 Å². The molecule has 0 heterocycles. The number of aliphatic carboxylic acids is 2. The van der Waals surface area contributed by atoms with Crippen molar-refractivity contribution in [2.75, 3.05) is 6.54 Å². The number of hydrogen-bond acceptors (Lipinski definition) is 6. The minimum atomic E-state index is -2.27. The summed E-state index contributed by atoms with van der Waals surface area (Å²) < 4.78 is 0. The first-order valence-corrected chi connectivity index (χ1v) is 6.01. The third-order valence-electron chi connectivity index (χ3n) is 2.10. The van der Waals surface area contributed by atoms with E-state index in [0.29, 0.717) is 0 Å². The van der Waals surface area contributed by atoms with Crippen LogP contribution in [0.25, 0.3) is 0 Å². The van der Waals surface area contributed by atoms with Crippen LogP contribution in [-0.2, 0) is 9.59 Å². The molecule has 0 saturated carbocycles. The lowest BCUT2D eigenvalue weighted by molar-refractivity contribution is -0.165. The van der Waals surface area contributed by atoms with Crippen molar-refractivity contribution in [3.8, 4) is 0 Å². The highest BCUT2D eigenvalue weighted by Gasteiger charge is 2.29. The van der Waals surface area contributed by atoms with E-state index in [9.17, 15) is 9.59 Å². The molecule has 0 amide bonds. The summed E-state index contributed by atoms with van der Waals surface area (Å²) >= 11 is 0. The van der Waals surface area contributed by atoms with Crippen LogP contribution in [0, 0.1) is 0 Å². The van der Waals surface area contributed by atoms with E-state index in [1.165, 1.54) is 6.42 Å². The molecule has 0 spiro atoms. The van der Waals surface area contributed by atoms with Gasteiger partial charge in [-0.1, -0.05) is 20.3 Å². The lowest BCUT2D eigenvalue weighted by atomic mass is 10.2.